The van der Waals surface area contributed by atoms with Crippen molar-refractivity contribution in [1.82, 2.24) is 5.43 Å². The molecule has 0 aromatic heterocycles. The van der Waals surface area contributed by atoms with Crippen LogP contribution in [0.5, 0.6) is 5.75 Å². The van der Waals surface area contributed by atoms with E-state index in [9.17, 15) is 4.79 Å². The van der Waals surface area contributed by atoms with E-state index in [0.717, 1.165) is 16.7 Å². The van der Waals surface area contributed by atoms with Crippen molar-refractivity contribution in [1.29, 1.82) is 0 Å². The summed E-state index contributed by atoms with van der Waals surface area (Å²) in [6.45, 7) is 1.94. The fourth-order valence-electron chi connectivity index (χ4n) is 2.62. The van der Waals surface area contributed by atoms with Crippen LogP contribution >= 0.6 is 0 Å². The third-order valence-electron chi connectivity index (χ3n) is 4.14. The number of benzene rings is 3. The van der Waals surface area contributed by atoms with Crippen molar-refractivity contribution in [2.75, 3.05) is 6.61 Å². The average Bonchev–Trinajstić information content (AvgIpc) is 2.74. The SMILES string of the molecule is CC(C=NNC(=O)COc1ccc(-c2ccccc2)cc1)c1ccccc1. The zero-order valence-electron chi connectivity index (χ0n) is 15.2. The van der Waals surface area contributed by atoms with Gasteiger partial charge in [-0.3, -0.25) is 4.79 Å². The molecule has 1 N–H and O–H groups in total. The highest BCUT2D eigenvalue weighted by Crippen LogP contribution is 2.21. The summed E-state index contributed by atoms with van der Waals surface area (Å²) in [4.78, 5) is 11.9. The molecule has 0 saturated carbocycles. The number of amides is 1. The second-order valence-corrected chi connectivity index (χ2v) is 6.19. The Bertz CT molecular complexity index is 875. The lowest BCUT2D eigenvalue weighted by Gasteiger charge is -2.07. The summed E-state index contributed by atoms with van der Waals surface area (Å²) in [5.41, 5.74) is 5.89. The van der Waals surface area contributed by atoms with Crippen LogP contribution in [0.1, 0.15) is 18.4 Å². The lowest BCUT2D eigenvalue weighted by molar-refractivity contribution is -0.123. The molecule has 3 rings (SSSR count). The van der Waals surface area contributed by atoms with E-state index in [1.807, 2.05) is 79.7 Å². The lowest BCUT2D eigenvalue weighted by Crippen LogP contribution is -2.24. The Kier molecular flexibility index (Phi) is 6.36. The molecule has 0 bridgehead atoms. The van der Waals surface area contributed by atoms with Crippen molar-refractivity contribution < 1.29 is 9.53 Å². The summed E-state index contributed by atoms with van der Waals surface area (Å²) in [6, 6.07) is 27.8. The van der Waals surface area contributed by atoms with Crippen LogP contribution in [0.2, 0.25) is 0 Å². The molecule has 4 nitrogen and oxygen atoms in total. The van der Waals surface area contributed by atoms with Crippen LogP contribution in [0.15, 0.2) is 90.0 Å². The van der Waals surface area contributed by atoms with Gasteiger partial charge in [-0.25, -0.2) is 5.43 Å². The Morgan fingerprint density at radius 3 is 2.19 bits per heavy atom. The number of carbonyl (C=O) groups is 1. The normalized spacial score (nSPS) is 11.9. The first-order valence-electron chi connectivity index (χ1n) is 8.87. The zero-order chi connectivity index (χ0) is 18.9. The first-order chi connectivity index (χ1) is 13.2. The van der Waals surface area contributed by atoms with E-state index in [4.69, 9.17) is 4.74 Å². The molecule has 0 saturated heterocycles. The molecule has 0 fully saturated rings. The summed E-state index contributed by atoms with van der Waals surface area (Å²) in [7, 11) is 0. The maximum absolute atomic E-state index is 11.9. The van der Waals surface area contributed by atoms with Gasteiger partial charge in [-0.2, -0.15) is 5.10 Å². The van der Waals surface area contributed by atoms with E-state index >= 15 is 0 Å². The molecular formula is C23H22N2O2. The molecule has 0 aliphatic heterocycles. The Morgan fingerprint density at radius 1 is 0.926 bits per heavy atom. The number of rotatable bonds is 7. The van der Waals surface area contributed by atoms with E-state index in [2.05, 4.69) is 22.7 Å². The highest BCUT2D eigenvalue weighted by Gasteiger charge is 2.04. The maximum atomic E-state index is 11.9. The number of carbonyl (C=O) groups excluding carboxylic acids is 1. The average molecular weight is 358 g/mol. The summed E-state index contributed by atoms with van der Waals surface area (Å²) in [6.07, 6.45) is 1.71. The molecule has 4 heteroatoms. The summed E-state index contributed by atoms with van der Waals surface area (Å²) in [5.74, 6) is 0.475. The maximum Gasteiger partial charge on any atom is 0.277 e. The Balaban J connectivity index is 1.46. The van der Waals surface area contributed by atoms with Crippen molar-refractivity contribution >= 4 is 12.1 Å². The Morgan fingerprint density at radius 2 is 1.52 bits per heavy atom. The van der Waals surface area contributed by atoms with E-state index < -0.39 is 0 Å². The second-order valence-electron chi connectivity index (χ2n) is 6.19. The molecular weight excluding hydrogens is 336 g/mol. The molecule has 0 spiro atoms. The van der Waals surface area contributed by atoms with Gasteiger partial charge in [0.15, 0.2) is 6.61 Å². The van der Waals surface area contributed by atoms with Crippen LogP contribution in [0.3, 0.4) is 0 Å². The molecule has 1 unspecified atom stereocenters. The van der Waals surface area contributed by atoms with Crippen LogP contribution in [-0.4, -0.2) is 18.7 Å². The Hall–Kier alpha value is -3.40. The predicted octanol–water partition coefficient (Wildman–Crippen LogP) is 4.64. The van der Waals surface area contributed by atoms with Crippen LogP contribution in [0.25, 0.3) is 11.1 Å². The smallest absolute Gasteiger partial charge is 0.277 e. The molecule has 0 heterocycles. The fraction of sp³-hybridized carbons (Fsp3) is 0.130. The van der Waals surface area contributed by atoms with Gasteiger partial charge in [-0.15, -0.1) is 0 Å². The molecule has 1 atom stereocenters. The van der Waals surface area contributed by atoms with Crippen molar-refractivity contribution in [3.8, 4) is 16.9 Å². The monoisotopic (exact) mass is 358 g/mol. The van der Waals surface area contributed by atoms with Crippen LogP contribution in [0, 0.1) is 0 Å². The number of ether oxygens (including phenoxy) is 1. The molecule has 136 valence electrons. The van der Waals surface area contributed by atoms with Crippen molar-refractivity contribution in [3.05, 3.63) is 90.5 Å². The molecule has 27 heavy (non-hydrogen) atoms. The number of hydrazone groups is 1. The standard InChI is InChI=1S/C23H22N2O2/c1-18(19-8-4-2-5-9-19)16-24-25-23(26)17-27-22-14-12-21(13-15-22)20-10-6-3-7-11-20/h2-16,18H,17H2,1H3,(H,25,26). The van der Waals surface area contributed by atoms with Crippen molar-refractivity contribution in [2.24, 2.45) is 5.10 Å². The minimum atomic E-state index is -0.293. The van der Waals surface area contributed by atoms with Crippen LogP contribution in [0.4, 0.5) is 0 Å². The minimum Gasteiger partial charge on any atom is -0.484 e. The number of nitrogens with one attached hydrogen (secondary N) is 1. The van der Waals surface area contributed by atoms with Gasteiger partial charge >= 0.3 is 0 Å². The molecule has 1 amide bonds. The number of hydrogen-bond acceptors (Lipinski definition) is 3. The molecule has 0 radical (unpaired) electrons. The lowest BCUT2D eigenvalue weighted by atomic mass is 10.0. The van der Waals surface area contributed by atoms with Crippen LogP contribution < -0.4 is 10.2 Å². The van der Waals surface area contributed by atoms with Crippen molar-refractivity contribution in [3.63, 3.8) is 0 Å². The third-order valence-corrected chi connectivity index (χ3v) is 4.14. The van der Waals surface area contributed by atoms with Crippen molar-refractivity contribution in [2.45, 2.75) is 12.8 Å². The van der Waals surface area contributed by atoms with Crippen LogP contribution in [-0.2, 0) is 4.79 Å². The van der Waals surface area contributed by atoms with E-state index in [1.54, 1.807) is 6.21 Å². The molecule has 3 aromatic rings. The topological polar surface area (TPSA) is 50.7 Å². The van der Waals surface area contributed by atoms with E-state index in [-0.39, 0.29) is 18.4 Å². The highest BCUT2D eigenvalue weighted by atomic mass is 16.5. The van der Waals surface area contributed by atoms with Gasteiger partial charge in [-0.05, 0) is 28.8 Å². The van der Waals surface area contributed by atoms with E-state index in [0.29, 0.717) is 5.75 Å². The van der Waals surface area contributed by atoms with Gasteiger partial charge in [0.2, 0.25) is 0 Å². The Labute approximate surface area is 159 Å². The third kappa shape index (κ3) is 5.54. The minimum absolute atomic E-state index is 0.0816. The summed E-state index contributed by atoms with van der Waals surface area (Å²) >= 11 is 0. The highest BCUT2D eigenvalue weighted by molar-refractivity contribution is 5.79. The van der Waals surface area contributed by atoms with E-state index in [1.165, 1.54) is 0 Å². The van der Waals surface area contributed by atoms with Gasteiger partial charge in [0.25, 0.3) is 5.91 Å². The second kappa shape index (κ2) is 9.34. The van der Waals surface area contributed by atoms with Gasteiger partial charge in [0.05, 0.1) is 0 Å². The van der Waals surface area contributed by atoms with Gasteiger partial charge in [-0.1, -0.05) is 79.7 Å². The largest absolute Gasteiger partial charge is 0.484 e. The molecule has 0 aliphatic rings. The summed E-state index contributed by atoms with van der Waals surface area (Å²) < 4.78 is 5.51. The predicted molar refractivity (Wildman–Crippen MR) is 109 cm³/mol. The summed E-state index contributed by atoms with van der Waals surface area (Å²) in [5, 5.41) is 4.01. The number of hydrogen-bond donors (Lipinski definition) is 1. The quantitative estimate of drug-likeness (QED) is 0.494. The molecule has 0 aliphatic carbocycles. The zero-order valence-corrected chi connectivity index (χ0v) is 15.2. The fourth-order valence-corrected chi connectivity index (χ4v) is 2.62. The molecule has 3 aromatic carbocycles. The number of nitrogens with zero attached hydrogens (tertiary/aromatic N) is 1. The van der Waals surface area contributed by atoms with Gasteiger partial charge in [0, 0.05) is 12.1 Å². The van der Waals surface area contributed by atoms with Gasteiger partial charge in [0.1, 0.15) is 5.75 Å². The first-order valence-corrected chi connectivity index (χ1v) is 8.87. The van der Waals surface area contributed by atoms with Gasteiger partial charge < -0.3 is 4.74 Å². The first kappa shape index (κ1) is 18.4.